The lowest BCUT2D eigenvalue weighted by Crippen LogP contribution is -2.50. The third kappa shape index (κ3) is 3.99. The van der Waals surface area contributed by atoms with Gasteiger partial charge in [-0.25, -0.2) is 0 Å². The molecule has 2 aliphatic rings. The van der Waals surface area contributed by atoms with Crippen LogP contribution in [0.3, 0.4) is 0 Å². The first-order valence-electron chi connectivity index (χ1n) is 9.06. The highest BCUT2D eigenvalue weighted by molar-refractivity contribution is 5.97. The number of benzene rings is 1. The number of nitro groups is 1. The van der Waals surface area contributed by atoms with Gasteiger partial charge in [0.05, 0.1) is 17.2 Å². The number of carbonyl (C=O) groups excluding carboxylic acids is 1. The van der Waals surface area contributed by atoms with Crippen molar-refractivity contribution in [2.75, 3.05) is 37.6 Å². The Labute approximate surface area is 169 Å². The minimum Gasteiger partial charge on any atom is -0.314 e. The number of hydrogen-bond donors (Lipinski definition) is 1. The van der Waals surface area contributed by atoms with E-state index >= 15 is 0 Å². The Morgan fingerprint density at radius 1 is 1.32 bits per heavy atom. The van der Waals surface area contributed by atoms with Crippen molar-refractivity contribution in [1.82, 2.24) is 15.2 Å². The number of hydrogen-bond acceptors (Lipinski definition) is 6. The maximum atomic E-state index is 13.0. The van der Waals surface area contributed by atoms with Crippen LogP contribution in [0.2, 0.25) is 0 Å². The Hall–Kier alpha value is -2.55. The Kier molecular flexibility index (Phi) is 6.23. The van der Waals surface area contributed by atoms with Crippen LogP contribution < -0.4 is 10.2 Å². The van der Waals surface area contributed by atoms with Crippen molar-refractivity contribution in [1.29, 1.82) is 0 Å². The van der Waals surface area contributed by atoms with Crippen LogP contribution in [0.1, 0.15) is 17.2 Å². The second kappa shape index (κ2) is 8.64. The smallest absolute Gasteiger partial charge is 0.271 e. The van der Waals surface area contributed by atoms with E-state index in [0.29, 0.717) is 12.2 Å². The molecule has 1 fully saturated rings. The molecule has 0 spiro atoms. The minimum absolute atomic E-state index is 0. The van der Waals surface area contributed by atoms with E-state index in [4.69, 9.17) is 0 Å². The summed E-state index contributed by atoms with van der Waals surface area (Å²) in [6.07, 6.45) is 4.31. The number of non-ortho nitro benzene ring substituents is 1. The zero-order chi connectivity index (χ0) is 18.8. The van der Waals surface area contributed by atoms with Crippen molar-refractivity contribution in [3.8, 4) is 0 Å². The van der Waals surface area contributed by atoms with Gasteiger partial charge in [-0.2, -0.15) is 0 Å². The van der Waals surface area contributed by atoms with Gasteiger partial charge in [-0.05, 0) is 23.6 Å². The average Bonchev–Trinajstić information content (AvgIpc) is 3.12. The second-order valence-corrected chi connectivity index (χ2v) is 6.84. The number of fused-ring (bicyclic) bond motifs is 1. The molecular weight excluding hydrogens is 382 g/mol. The zero-order valence-corrected chi connectivity index (χ0v) is 16.1. The summed E-state index contributed by atoms with van der Waals surface area (Å²) in [6.45, 7) is 3.20. The molecular formula is C19H22ClN5O3. The summed E-state index contributed by atoms with van der Waals surface area (Å²) in [5.41, 5.74) is 2.75. The van der Waals surface area contributed by atoms with E-state index in [1.165, 1.54) is 12.1 Å². The third-order valence-electron chi connectivity index (χ3n) is 5.24. The number of nitrogens with zero attached hydrogens (tertiary/aromatic N) is 4. The monoisotopic (exact) mass is 403 g/mol. The molecule has 2 aliphatic heterocycles. The molecule has 8 nitrogen and oxygen atoms in total. The van der Waals surface area contributed by atoms with Gasteiger partial charge < -0.3 is 10.2 Å². The van der Waals surface area contributed by atoms with Gasteiger partial charge in [-0.1, -0.05) is 12.1 Å². The predicted molar refractivity (Wildman–Crippen MR) is 108 cm³/mol. The molecule has 0 aliphatic carbocycles. The van der Waals surface area contributed by atoms with E-state index < -0.39 is 4.92 Å². The van der Waals surface area contributed by atoms with E-state index in [9.17, 15) is 14.9 Å². The quantitative estimate of drug-likeness (QED) is 0.619. The number of halogens is 1. The van der Waals surface area contributed by atoms with E-state index in [1.807, 2.05) is 18.3 Å². The van der Waals surface area contributed by atoms with Crippen molar-refractivity contribution in [2.24, 2.45) is 0 Å². The van der Waals surface area contributed by atoms with Crippen LogP contribution in [0.15, 0.2) is 42.7 Å². The number of amides is 1. The first-order chi connectivity index (χ1) is 13.1. The number of rotatable bonds is 4. The summed E-state index contributed by atoms with van der Waals surface area (Å²) in [5, 5.41) is 14.4. The predicted octanol–water partition coefficient (Wildman–Crippen LogP) is 1.95. The number of aromatic nitrogens is 1. The van der Waals surface area contributed by atoms with Crippen LogP contribution >= 0.6 is 12.4 Å². The van der Waals surface area contributed by atoms with Crippen molar-refractivity contribution in [3.63, 3.8) is 0 Å². The molecule has 3 heterocycles. The largest absolute Gasteiger partial charge is 0.314 e. The lowest BCUT2D eigenvalue weighted by molar-refractivity contribution is -0.384. The third-order valence-corrected chi connectivity index (χ3v) is 5.24. The fraction of sp³-hybridized carbons (Fsp3) is 0.368. The van der Waals surface area contributed by atoms with Crippen molar-refractivity contribution >= 4 is 29.7 Å². The maximum Gasteiger partial charge on any atom is 0.271 e. The highest BCUT2D eigenvalue weighted by Crippen LogP contribution is 2.32. The van der Waals surface area contributed by atoms with Crippen LogP contribution in [-0.4, -0.2) is 53.4 Å². The molecule has 1 unspecified atom stereocenters. The van der Waals surface area contributed by atoms with E-state index in [-0.39, 0.29) is 36.6 Å². The Balaban J connectivity index is 0.00000225. The van der Waals surface area contributed by atoms with Gasteiger partial charge in [0.1, 0.15) is 0 Å². The van der Waals surface area contributed by atoms with Gasteiger partial charge in [0.25, 0.3) is 5.69 Å². The van der Waals surface area contributed by atoms with Gasteiger partial charge in [0.15, 0.2) is 0 Å². The molecule has 9 heteroatoms. The van der Waals surface area contributed by atoms with Crippen LogP contribution in [-0.2, 0) is 11.2 Å². The Morgan fingerprint density at radius 2 is 2.18 bits per heavy atom. The summed E-state index contributed by atoms with van der Waals surface area (Å²) in [6, 6.07) is 8.78. The van der Waals surface area contributed by atoms with Gasteiger partial charge in [-0.15, -0.1) is 12.4 Å². The number of nitrogens with one attached hydrogen (secondary N) is 1. The summed E-state index contributed by atoms with van der Waals surface area (Å²) in [7, 11) is 0. The summed E-state index contributed by atoms with van der Waals surface area (Å²) in [4.78, 5) is 31.7. The van der Waals surface area contributed by atoms with Crippen molar-refractivity contribution < 1.29 is 9.72 Å². The lowest BCUT2D eigenvalue weighted by atomic mass is 10.1. The lowest BCUT2D eigenvalue weighted by Gasteiger charge is -2.36. The number of piperazine rings is 1. The van der Waals surface area contributed by atoms with Crippen molar-refractivity contribution in [2.45, 2.75) is 12.5 Å². The number of nitro benzene ring substituents is 1. The summed E-state index contributed by atoms with van der Waals surface area (Å²) >= 11 is 0. The second-order valence-electron chi connectivity index (χ2n) is 6.84. The highest BCUT2D eigenvalue weighted by Gasteiger charge is 2.31. The zero-order valence-electron chi connectivity index (χ0n) is 15.3. The van der Waals surface area contributed by atoms with E-state index in [1.54, 1.807) is 17.2 Å². The fourth-order valence-electron chi connectivity index (χ4n) is 3.84. The molecule has 1 aromatic heterocycles. The molecule has 2 aromatic rings. The first-order valence-corrected chi connectivity index (χ1v) is 9.06. The molecule has 0 saturated carbocycles. The van der Waals surface area contributed by atoms with Crippen LogP contribution in [0.25, 0.3) is 0 Å². The van der Waals surface area contributed by atoms with Gasteiger partial charge >= 0.3 is 0 Å². The molecule has 1 N–H and O–H groups in total. The standard InChI is InChI=1S/C19H21N5O3.ClH/c25-19(23-8-5-14-3-4-16(24(26)27)10-17(14)23)13-22-9-7-21-12-18(22)15-2-1-6-20-11-15;/h1-4,6,10-11,18,21H,5,7-9,12-13H2;1H. The van der Waals surface area contributed by atoms with Crippen LogP contribution in [0, 0.1) is 10.1 Å². The molecule has 28 heavy (non-hydrogen) atoms. The summed E-state index contributed by atoms with van der Waals surface area (Å²) < 4.78 is 0. The molecule has 148 valence electrons. The normalized spacial score (nSPS) is 19.0. The number of carbonyl (C=O) groups is 1. The molecule has 0 bridgehead atoms. The maximum absolute atomic E-state index is 13.0. The molecule has 1 atom stereocenters. The van der Waals surface area contributed by atoms with E-state index in [0.717, 1.165) is 37.2 Å². The molecule has 1 saturated heterocycles. The topological polar surface area (TPSA) is 91.6 Å². The minimum atomic E-state index is -0.421. The Morgan fingerprint density at radius 3 is 2.93 bits per heavy atom. The SMILES string of the molecule is Cl.O=C(CN1CCNCC1c1cccnc1)N1CCc2ccc([N+](=O)[O-])cc21. The van der Waals surface area contributed by atoms with Gasteiger partial charge in [0.2, 0.25) is 5.91 Å². The molecule has 4 rings (SSSR count). The molecule has 0 radical (unpaired) electrons. The Bertz CT molecular complexity index is 864. The van der Waals surface area contributed by atoms with Crippen LogP contribution in [0.4, 0.5) is 11.4 Å². The van der Waals surface area contributed by atoms with E-state index in [2.05, 4.69) is 15.2 Å². The molecule has 1 amide bonds. The van der Waals surface area contributed by atoms with Gasteiger partial charge in [-0.3, -0.25) is 24.8 Å². The number of anilines is 1. The molecule has 1 aromatic carbocycles. The van der Waals surface area contributed by atoms with Crippen molar-refractivity contribution in [3.05, 3.63) is 64.0 Å². The summed E-state index contributed by atoms with van der Waals surface area (Å²) in [5.74, 6) is -0.0231. The van der Waals surface area contributed by atoms with Crippen LogP contribution in [0.5, 0.6) is 0 Å². The van der Waals surface area contributed by atoms with Gasteiger partial charge in [0, 0.05) is 56.7 Å². The highest BCUT2D eigenvalue weighted by atomic mass is 35.5. The average molecular weight is 404 g/mol. The first kappa shape index (κ1) is 20.2. The fourth-order valence-corrected chi connectivity index (χ4v) is 3.84. The number of pyridine rings is 1.